The van der Waals surface area contributed by atoms with Crippen LogP contribution in [0.25, 0.3) is 0 Å². The number of hydrogen-bond acceptors (Lipinski definition) is 4. The molecule has 1 N–H and O–H groups in total. The van der Waals surface area contributed by atoms with Gasteiger partial charge in [-0.3, -0.25) is 9.78 Å². The summed E-state index contributed by atoms with van der Waals surface area (Å²) in [6.07, 6.45) is 5.79. The van der Waals surface area contributed by atoms with Crippen molar-refractivity contribution in [3.05, 3.63) is 48.3 Å². The Hall–Kier alpha value is -2.56. The lowest BCUT2D eigenvalue weighted by atomic mass is 10.2. The van der Waals surface area contributed by atoms with E-state index in [1.54, 1.807) is 19.4 Å². The molecular formula is C17H19N3O2. The van der Waals surface area contributed by atoms with E-state index < -0.39 is 0 Å². The van der Waals surface area contributed by atoms with Crippen molar-refractivity contribution >= 4 is 17.3 Å². The van der Waals surface area contributed by atoms with Gasteiger partial charge in [-0.25, -0.2) is 0 Å². The summed E-state index contributed by atoms with van der Waals surface area (Å²) < 4.78 is 5.16. The van der Waals surface area contributed by atoms with Gasteiger partial charge in [0, 0.05) is 31.0 Å². The second kappa shape index (κ2) is 6.47. The topological polar surface area (TPSA) is 54.5 Å². The molecule has 0 bridgehead atoms. The van der Waals surface area contributed by atoms with Gasteiger partial charge in [-0.05, 0) is 31.0 Å². The van der Waals surface area contributed by atoms with Crippen molar-refractivity contribution in [3.8, 4) is 5.75 Å². The number of rotatable bonds is 4. The summed E-state index contributed by atoms with van der Waals surface area (Å²) in [7, 11) is 1.60. The average molecular weight is 297 g/mol. The van der Waals surface area contributed by atoms with Crippen molar-refractivity contribution in [1.82, 2.24) is 4.98 Å². The Morgan fingerprint density at radius 2 is 2.05 bits per heavy atom. The van der Waals surface area contributed by atoms with Crippen LogP contribution >= 0.6 is 0 Å². The Morgan fingerprint density at radius 1 is 1.23 bits per heavy atom. The van der Waals surface area contributed by atoms with Gasteiger partial charge in [0.05, 0.1) is 24.6 Å². The maximum Gasteiger partial charge on any atom is 0.257 e. The highest BCUT2D eigenvalue weighted by Crippen LogP contribution is 2.21. The molecule has 5 nitrogen and oxygen atoms in total. The lowest BCUT2D eigenvalue weighted by Gasteiger charge is -2.17. The SMILES string of the molecule is COc1cccc(NC(=O)c2cncc(N3CCCC3)c2)c1. The molecule has 114 valence electrons. The van der Waals surface area contributed by atoms with Crippen molar-refractivity contribution in [2.75, 3.05) is 30.4 Å². The molecule has 1 aromatic carbocycles. The number of nitrogens with one attached hydrogen (secondary N) is 1. The summed E-state index contributed by atoms with van der Waals surface area (Å²) in [5.74, 6) is 0.545. The van der Waals surface area contributed by atoms with Crippen LogP contribution in [0.2, 0.25) is 0 Å². The maximum atomic E-state index is 12.4. The molecule has 0 atom stereocenters. The fourth-order valence-corrected chi connectivity index (χ4v) is 2.60. The number of pyridine rings is 1. The van der Waals surface area contributed by atoms with Crippen LogP contribution < -0.4 is 15.0 Å². The van der Waals surface area contributed by atoms with E-state index in [-0.39, 0.29) is 5.91 Å². The summed E-state index contributed by atoms with van der Waals surface area (Å²) in [6, 6.07) is 9.19. The number of nitrogens with zero attached hydrogens (tertiary/aromatic N) is 2. The summed E-state index contributed by atoms with van der Waals surface area (Å²) >= 11 is 0. The molecule has 0 radical (unpaired) electrons. The van der Waals surface area contributed by atoms with E-state index in [1.165, 1.54) is 12.8 Å². The van der Waals surface area contributed by atoms with Crippen LogP contribution in [-0.2, 0) is 0 Å². The monoisotopic (exact) mass is 297 g/mol. The van der Waals surface area contributed by atoms with Crippen LogP contribution in [0.5, 0.6) is 5.75 Å². The number of amides is 1. The minimum Gasteiger partial charge on any atom is -0.497 e. The third-order valence-corrected chi connectivity index (χ3v) is 3.78. The van der Waals surface area contributed by atoms with Gasteiger partial charge < -0.3 is 15.0 Å². The van der Waals surface area contributed by atoms with E-state index in [2.05, 4.69) is 15.2 Å². The Kier molecular flexibility index (Phi) is 4.23. The van der Waals surface area contributed by atoms with Crippen LogP contribution in [0.3, 0.4) is 0 Å². The summed E-state index contributed by atoms with van der Waals surface area (Å²) in [6.45, 7) is 2.06. The van der Waals surface area contributed by atoms with E-state index in [9.17, 15) is 4.79 Å². The molecule has 1 aromatic heterocycles. The minimum absolute atomic E-state index is 0.165. The molecule has 2 aromatic rings. The number of benzene rings is 1. The van der Waals surface area contributed by atoms with Crippen LogP contribution in [0.15, 0.2) is 42.7 Å². The van der Waals surface area contributed by atoms with Gasteiger partial charge in [0.2, 0.25) is 0 Å². The third-order valence-electron chi connectivity index (χ3n) is 3.78. The van der Waals surface area contributed by atoms with Gasteiger partial charge in [-0.15, -0.1) is 0 Å². The van der Waals surface area contributed by atoms with Crippen molar-refractivity contribution in [1.29, 1.82) is 0 Å². The number of anilines is 2. The molecule has 1 saturated heterocycles. The zero-order valence-electron chi connectivity index (χ0n) is 12.6. The Balaban J connectivity index is 1.75. The highest BCUT2D eigenvalue weighted by atomic mass is 16.5. The van der Waals surface area contributed by atoms with E-state index >= 15 is 0 Å². The van der Waals surface area contributed by atoms with Gasteiger partial charge in [0.15, 0.2) is 0 Å². The van der Waals surface area contributed by atoms with E-state index in [0.717, 1.165) is 18.8 Å². The first-order valence-corrected chi connectivity index (χ1v) is 7.42. The van der Waals surface area contributed by atoms with Crippen LogP contribution in [0.4, 0.5) is 11.4 Å². The Labute approximate surface area is 129 Å². The third kappa shape index (κ3) is 3.19. The van der Waals surface area contributed by atoms with Crippen LogP contribution in [-0.4, -0.2) is 31.1 Å². The first-order chi connectivity index (χ1) is 10.8. The molecule has 0 saturated carbocycles. The van der Waals surface area contributed by atoms with E-state index in [0.29, 0.717) is 17.0 Å². The van der Waals surface area contributed by atoms with Crippen LogP contribution in [0, 0.1) is 0 Å². The Morgan fingerprint density at radius 3 is 2.82 bits per heavy atom. The standard InChI is InChI=1S/C17H19N3O2/c1-22-16-6-4-5-14(10-16)19-17(21)13-9-15(12-18-11-13)20-7-2-3-8-20/h4-6,9-12H,2-3,7-8H2,1H3,(H,19,21). The molecule has 1 fully saturated rings. The van der Waals surface area contributed by atoms with Crippen molar-refractivity contribution in [2.45, 2.75) is 12.8 Å². The molecular weight excluding hydrogens is 278 g/mol. The number of carbonyl (C=O) groups is 1. The highest BCUT2D eigenvalue weighted by Gasteiger charge is 2.15. The Bertz CT molecular complexity index is 666. The first-order valence-electron chi connectivity index (χ1n) is 7.42. The smallest absolute Gasteiger partial charge is 0.257 e. The normalized spacial score (nSPS) is 14.0. The van der Waals surface area contributed by atoms with Gasteiger partial charge in [0.1, 0.15) is 5.75 Å². The van der Waals surface area contributed by atoms with Gasteiger partial charge in [-0.2, -0.15) is 0 Å². The number of hydrogen-bond donors (Lipinski definition) is 1. The average Bonchev–Trinajstić information content (AvgIpc) is 3.09. The van der Waals surface area contributed by atoms with Gasteiger partial charge in [0.25, 0.3) is 5.91 Å². The molecule has 5 heteroatoms. The molecule has 22 heavy (non-hydrogen) atoms. The van der Waals surface area contributed by atoms with E-state index in [4.69, 9.17) is 4.74 Å². The van der Waals surface area contributed by atoms with Crippen molar-refractivity contribution < 1.29 is 9.53 Å². The van der Waals surface area contributed by atoms with Gasteiger partial charge >= 0.3 is 0 Å². The lowest BCUT2D eigenvalue weighted by Crippen LogP contribution is -2.19. The molecule has 2 heterocycles. The molecule has 3 rings (SSSR count). The summed E-state index contributed by atoms with van der Waals surface area (Å²) in [4.78, 5) is 18.8. The highest BCUT2D eigenvalue weighted by molar-refractivity contribution is 6.04. The molecule has 1 amide bonds. The van der Waals surface area contributed by atoms with E-state index in [1.807, 2.05) is 30.5 Å². The predicted molar refractivity (Wildman–Crippen MR) is 86.6 cm³/mol. The zero-order chi connectivity index (χ0) is 15.4. The quantitative estimate of drug-likeness (QED) is 0.942. The fraction of sp³-hybridized carbons (Fsp3) is 0.294. The fourth-order valence-electron chi connectivity index (χ4n) is 2.60. The predicted octanol–water partition coefficient (Wildman–Crippen LogP) is 2.94. The van der Waals surface area contributed by atoms with Crippen molar-refractivity contribution in [2.24, 2.45) is 0 Å². The molecule has 1 aliphatic heterocycles. The summed E-state index contributed by atoms with van der Waals surface area (Å²) in [5, 5.41) is 2.87. The van der Waals surface area contributed by atoms with Crippen LogP contribution in [0.1, 0.15) is 23.2 Å². The summed E-state index contributed by atoms with van der Waals surface area (Å²) in [5.41, 5.74) is 2.28. The van der Waals surface area contributed by atoms with Crippen molar-refractivity contribution in [3.63, 3.8) is 0 Å². The second-order valence-corrected chi connectivity index (χ2v) is 5.31. The second-order valence-electron chi connectivity index (χ2n) is 5.31. The molecule has 1 aliphatic rings. The maximum absolute atomic E-state index is 12.4. The molecule has 0 unspecified atom stereocenters. The first kappa shape index (κ1) is 14.4. The number of carbonyl (C=O) groups excluding carboxylic acids is 1. The molecule has 0 aliphatic carbocycles. The minimum atomic E-state index is -0.165. The zero-order valence-corrected chi connectivity index (χ0v) is 12.6. The largest absolute Gasteiger partial charge is 0.497 e. The lowest BCUT2D eigenvalue weighted by molar-refractivity contribution is 0.102. The number of aromatic nitrogens is 1. The number of methoxy groups -OCH3 is 1. The number of ether oxygens (including phenoxy) is 1. The molecule has 0 spiro atoms. The van der Waals surface area contributed by atoms with Gasteiger partial charge in [-0.1, -0.05) is 6.07 Å².